The van der Waals surface area contributed by atoms with E-state index in [1.165, 1.54) is 6.92 Å². The zero-order valence-electron chi connectivity index (χ0n) is 13.5. The maximum Gasteiger partial charge on any atom is 0.346 e. The molecule has 122 valence electrons. The molecule has 24 heavy (non-hydrogen) atoms. The maximum atomic E-state index is 12.6. The summed E-state index contributed by atoms with van der Waals surface area (Å²) in [6, 6.07) is 14.7. The van der Waals surface area contributed by atoms with Crippen LogP contribution in [0.5, 0.6) is 0 Å². The van der Waals surface area contributed by atoms with Crippen LogP contribution in [0.15, 0.2) is 57.7 Å². The molecule has 0 bridgehead atoms. The van der Waals surface area contributed by atoms with Crippen LogP contribution in [-0.4, -0.2) is 13.0 Å². The number of amides is 1. The first-order valence-corrected chi connectivity index (χ1v) is 7.52. The summed E-state index contributed by atoms with van der Waals surface area (Å²) in [4.78, 5) is 24.0. The summed E-state index contributed by atoms with van der Waals surface area (Å²) in [6.45, 7) is 1.68. The Bertz CT molecular complexity index is 945. The summed E-state index contributed by atoms with van der Waals surface area (Å²) in [5.74, 6) is 0.234. The topological polar surface area (TPSA) is 68.5 Å². The molecule has 0 saturated carbocycles. The lowest BCUT2D eigenvalue weighted by Gasteiger charge is -2.13. The standard InChI is InChI=1S/C19H17NO4/c1-12(21)20-16-10-6-9-14-15(11-23-2)18(24-19(22)17(14)16)13-7-4-3-5-8-13/h3-10H,11H2,1-2H3,(H,20,21). The van der Waals surface area contributed by atoms with E-state index >= 15 is 0 Å². The second-order valence-electron chi connectivity index (χ2n) is 5.41. The van der Waals surface area contributed by atoms with Crippen molar-refractivity contribution in [3.05, 3.63) is 64.5 Å². The average Bonchev–Trinajstić information content (AvgIpc) is 2.57. The predicted octanol–water partition coefficient (Wildman–Crippen LogP) is 3.56. The van der Waals surface area contributed by atoms with Gasteiger partial charge in [0.2, 0.25) is 5.91 Å². The molecule has 0 radical (unpaired) electrons. The highest BCUT2D eigenvalue weighted by Crippen LogP contribution is 2.31. The fourth-order valence-corrected chi connectivity index (χ4v) is 2.76. The Labute approximate surface area is 138 Å². The summed E-state index contributed by atoms with van der Waals surface area (Å²) in [5, 5.41) is 3.73. The molecule has 0 aliphatic rings. The van der Waals surface area contributed by atoms with Crippen molar-refractivity contribution in [1.82, 2.24) is 0 Å². The molecule has 1 amide bonds. The minimum Gasteiger partial charge on any atom is -0.422 e. The largest absolute Gasteiger partial charge is 0.422 e. The van der Waals surface area contributed by atoms with Crippen molar-refractivity contribution >= 4 is 22.4 Å². The van der Waals surface area contributed by atoms with Crippen molar-refractivity contribution in [2.24, 2.45) is 0 Å². The molecule has 0 saturated heterocycles. The van der Waals surface area contributed by atoms with Crippen molar-refractivity contribution in [3.8, 4) is 11.3 Å². The third kappa shape index (κ3) is 2.94. The highest BCUT2D eigenvalue weighted by Gasteiger charge is 2.17. The van der Waals surface area contributed by atoms with E-state index in [1.54, 1.807) is 19.2 Å². The zero-order valence-corrected chi connectivity index (χ0v) is 13.5. The number of hydrogen-bond donors (Lipinski definition) is 1. The summed E-state index contributed by atoms with van der Waals surface area (Å²) < 4.78 is 10.9. The van der Waals surface area contributed by atoms with Gasteiger partial charge in [-0.15, -0.1) is 0 Å². The van der Waals surface area contributed by atoms with Gasteiger partial charge < -0.3 is 14.5 Å². The van der Waals surface area contributed by atoms with Crippen LogP contribution in [0.2, 0.25) is 0 Å². The first-order valence-electron chi connectivity index (χ1n) is 7.52. The van der Waals surface area contributed by atoms with Gasteiger partial charge in [-0.1, -0.05) is 42.5 Å². The van der Waals surface area contributed by atoms with Crippen LogP contribution >= 0.6 is 0 Å². The molecule has 5 heteroatoms. The number of carbonyl (C=O) groups excluding carboxylic acids is 1. The van der Waals surface area contributed by atoms with Crippen molar-refractivity contribution in [3.63, 3.8) is 0 Å². The number of benzene rings is 2. The number of hydrogen-bond acceptors (Lipinski definition) is 4. The van der Waals surface area contributed by atoms with E-state index in [9.17, 15) is 9.59 Å². The summed E-state index contributed by atoms with van der Waals surface area (Å²) in [6.07, 6.45) is 0. The van der Waals surface area contributed by atoms with Gasteiger partial charge in [-0.05, 0) is 6.07 Å². The van der Waals surface area contributed by atoms with E-state index < -0.39 is 5.63 Å². The van der Waals surface area contributed by atoms with E-state index in [1.807, 2.05) is 36.4 Å². The number of rotatable bonds is 4. The minimum atomic E-state index is -0.493. The molecule has 0 aliphatic carbocycles. The van der Waals surface area contributed by atoms with Crippen LogP contribution in [0.3, 0.4) is 0 Å². The Hall–Kier alpha value is -2.92. The third-order valence-corrected chi connectivity index (χ3v) is 3.70. The van der Waals surface area contributed by atoms with E-state index in [0.717, 1.165) is 11.1 Å². The fourth-order valence-electron chi connectivity index (χ4n) is 2.76. The van der Waals surface area contributed by atoms with Gasteiger partial charge in [0.1, 0.15) is 5.76 Å². The van der Waals surface area contributed by atoms with Crippen molar-refractivity contribution in [2.45, 2.75) is 13.5 Å². The van der Waals surface area contributed by atoms with E-state index in [0.29, 0.717) is 22.2 Å². The summed E-state index contributed by atoms with van der Waals surface area (Å²) in [7, 11) is 1.59. The lowest BCUT2D eigenvalue weighted by Crippen LogP contribution is -2.12. The van der Waals surface area contributed by atoms with Crippen LogP contribution in [0.4, 0.5) is 5.69 Å². The van der Waals surface area contributed by atoms with Crippen LogP contribution in [0.1, 0.15) is 12.5 Å². The molecule has 0 spiro atoms. The fraction of sp³-hybridized carbons (Fsp3) is 0.158. The Kier molecular flexibility index (Phi) is 4.44. The summed E-state index contributed by atoms with van der Waals surface area (Å²) >= 11 is 0. The maximum absolute atomic E-state index is 12.6. The van der Waals surface area contributed by atoms with Crippen molar-refractivity contribution in [1.29, 1.82) is 0 Å². The van der Waals surface area contributed by atoms with E-state index in [2.05, 4.69) is 5.32 Å². The van der Waals surface area contributed by atoms with Gasteiger partial charge in [0.05, 0.1) is 17.7 Å². The zero-order chi connectivity index (χ0) is 17.1. The second-order valence-corrected chi connectivity index (χ2v) is 5.41. The van der Waals surface area contributed by atoms with Gasteiger partial charge in [-0.2, -0.15) is 0 Å². The first-order chi connectivity index (χ1) is 11.6. The van der Waals surface area contributed by atoms with Gasteiger partial charge in [0, 0.05) is 30.5 Å². The molecule has 0 atom stereocenters. The predicted molar refractivity (Wildman–Crippen MR) is 92.9 cm³/mol. The van der Waals surface area contributed by atoms with Gasteiger partial charge in [0.15, 0.2) is 0 Å². The molecule has 5 nitrogen and oxygen atoms in total. The lowest BCUT2D eigenvalue weighted by atomic mass is 10.0. The van der Waals surface area contributed by atoms with Crippen molar-refractivity contribution < 1.29 is 13.9 Å². The molecule has 0 unspecified atom stereocenters. The molecule has 0 fully saturated rings. The quantitative estimate of drug-likeness (QED) is 0.797. The van der Waals surface area contributed by atoms with Gasteiger partial charge in [0.25, 0.3) is 0 Å². The molecule has 0 aliphatic heterocycles. The van der Waals surface area contributed by atoms with Crippen molar-refractivity contribution in [2.75, 3.05) is 12.4 Å². The molecule has 1 N–H and O–H groups in total. The molecular formula is C19H17NO4. The van der Waals surface area contributed by atoms with E-state index in [4.69, 9.17) is 9.15 Å². The number of methoxy groups -OCH3 is 1. The third-order valence-electron chi connectivity index (χ3n) is 3.70. The van der Waals surface area contributed by atoms with Gasteiger partial charge in [-0.3, -0.25) is 4.79 Å². The number of ether oxygens (including phenoxy) is 1. The monoisotopic (exact) mass is 323 g/mol. The molecular weight excluding hydrogens is 306 g/mol. The van der Waals surface area contributed by atoms with E-state index in [-0.39, 0.29) is 12.5 Å². The first kappa shape index (κ1) is 16.0. The van der Waals surface area contributed by atoms with Crippen LogP contribution < -0.4 is 10.9 Å². The molecule has 3 aromatic rings. The molecule has 3 rings (SSSR count). The van der Waals surface area contributed by atoms with Crippen LogP contribution in [-0.2, 0) is 16.1 Å². The molecule has 1 aromatic heterocycles. The smallest absolute Gasteiger partial charge is 0.346 e. The second kappa shape index (κ2) is 6.68. The Morgan fingerprint density at radius 1 is 1.12 bits per heavy atom. The van der Waals surface area contributed by atoms with Crippen LogP contribution in [0, 0.1) is 0 Å². The number of nitrogens with one attached hydrogen (secondary N) is 1. The van der Waals surface area contributed by atoms with Crippen LogP contribution in [0.25, 0.3) is 22.1 Å². The summed E-state index contributed by atoms with van der Waals surface area (Å²) in [5.41, 5.74) is 1.51. The number of carbonyl (C=O) groups is 1. The van der Waals surface area contributed by atoms with Gasteiger partial charge in [-0.25, -0.2) is 4.79 Å². The minimum absolute atomic E-state index is 0.248. The number of fused-ring (bicyclic) bond motifs is 1. The Morgan fingerprint density at radius 3 is 2.54 bits per heavy atom. The molecule has 1 heterocycles. The number of anilines is 1. The average molecular weight is 323 g/mol. The van der Waals surface area contributed by atoms with Gasteiger partial charge >= 0.3 is 5.63 Å². The Morgan fingerprint density at radius 2 is 1.88 bits per heavy atom. The molecule has 2 aromatic carbocycles. The highest BCUT2D eigenvalue weighted by molar-refractivity contribution is 6.02. The Balaban J connectivity index is 2.35. The lowest BCUT2D eigenvalue weighted by molar-refractivity contribution is -0.114. The SMILES string of the molecule is COCc1c(-c2ccccc2)oc(=O)c2c(NC(C)=O)cccc12. The highest BCUT2D eigenvalue weighted by atomic mass is 16.5. The normalized spacial score (nSPS) is 10.8.